The summed E-state index contributed by atoms with van der Waals surface area (Å²) in [4.78, 5) is 40.3. The van der Waals surface area contributed by atoms with E-state index in [1.807, 2.05) is 11.0 Å². The van der Waals surface area contributed by atoms with Crippen LogP contribution in [0.5, 0.6) is 5.75 Å². The van der Waals surface area contributed by atoms with Crippen LogP contribution in [-0.4, -0.2) is 57.8 Å². The number of fused-ring (bicyclic) bond motifs is 1. The van der Waals surface area contributed by atoms with E-state index in [9.17, 15) is 32.7 Å². The molecule has 2 saturated heterocycles. The maximum absolute atomic E-state index is 13.1. The number of imide groups is 3. The number of halogens is 3. The molecule has 3 N–H and O–H groups in total. The van der Waals surface area contributed by atoms with Crippen LogP contribution in [0.25, 0.3) is 0 Å². The molecule has 1 aliphatic carbocycles. The molecule has 0 aromatic heterocycles. The van der Waals surface area contributed by atoms with Crippen LogP contribution in [0.4, 0.5) is 18.0 Å². The Balaban J connectivity index is 1.71. The molecule has 0 radical (unpaired) electrons. The zero-order valence-electron chi connectivity index (χ0n) is 18.1. The first-order valence-electron chi connectivity index (χ1n) is 10.8. The van der Waals surface area contributed by atoms with Crippen molar-refractivity contribution in [2.75, 3.05) is 6.61 Å². The Bertz CT molecular complexity index is 1060. The third kappa shape index (κ3) is 4.09. The molecular weight excluding hydrogens is 455 g/mol. The third-order valence-electron chi connectivity index (χ3n) is 6.68. The summed E-state index contributed by atoms with van der Waals surface area (Å²) in [7, 11) is 0. The van der Waals surface area contributed by atoms with Crippen molar-refractivity contribution in [3.63, 3.8) is 0 Å². The van der Waals surface area contributed by atoms with Crippen LogP contribution in [0.15, 0.2) is 48.6 Å². The first-order valence-corrected chi connectivity index (χ1v) is 10.8. The number of carbonyl (C=O) groups is 3. The summed E-state index contributed by atoms with van der Waals surface area (Å²) < 4.78 is 42.0. The molecule has 3 aliphatic heterocycles. The first-order chi connectivity index (χ1) is 16.1. The molecular formula is C23H24F3N3O5. The maximum Gasteiger partial charge on any atom is 0.573 e. The summed E-state index contributed by atoms with van der Waals surface area (Å²) in [6.45, 7) is 3.99. The molecule has 2 fully saturated rings. The molecule has 5 unspecified atom stereocenters. The minimum absolute atomic E-state index is 0.0580. The highest BCUT2D eigenvalue weighted by Crippen LogP contribution is 2.52. The molecule has 3 heterocycles. The first kappa shape index (κ1) is 24.0. The Labute approximate surface area is 193 Å². The second-order valence-corrected chi connectivity index (χ2v) is 8.58. The zero-order chi connectivity index (χ0) is 24.8. The molecule has 5 rings (SSSR count). The van der Waals surface area contributed by atoms with Crippen LogP contribution in [0.1, 0.15) is 18.4 Å². The van der Waals surface area contributed by atoms with Gasteiger partial charge in [0.05, 0.1) is 11.8 Å². The van der Waals surface area contributed by atoms with Crippen LogP contribution in [0, 0.1) is 17.8 Å². The van der Waals surface area contributed by atoms with Crippen molar-refractivity contribution < 1.29 is 37.4 Å². The number of aliphatic hydroxyl groups is 1. The Morgan fingerprint density at radius 2 is 1.91 bits per heavy atom. The number of likely N-dealkylation sites (tertiary alicyclic amines) is 1. The van der Waals surface area contributed by atoms with Crippen LogP contribution >= 0.6 is 0 Å². The number of aliphatic hydroxyl groups excluding tert-OH is 1. The predicted octanol–water partition coefficient (Wildman–Crippen LogP) is 2.33. The number of nitrogens with two attached hydrogens (primary N) is 1. The summed E-state index contributed by atoms with van der Waals surface area (Å²) in [6, 6.07) is 3.35. The van der Waals surface area contributed by atoms with E-state index in [1.54, 1.807) is 12.1 Å². The van der Waals surface area contributed by atoms with Crippen molar-refractivity contribution in [2.45, 2.75) is 37.8 Å². The molecule has 5 atom stereocenters. The van der Waals surface area contributed by atoms with Crippen LogP contribution in [-0.2, 0) is 16.1 Å². The Kier molecular flexibility index (Phi) is 6.26. The molecule has 4 aliphatic rings. The second-order valence-electron chi connectivity index (χ2n) is 8.58. The van der Waals surface area contributed by atoms with E-state index in [0.717, 1.165) is 5.57 Å². The lowest BCUT2D eigenvalue weighted by molar-refractivity contribution is -0.274. The number of piperidine rings is 1. The zero-order valence-corrected chi connectivity index (χ0v) is 18.1. The van der Waals surface area contributed by atoms with Gasteiger partial charge in [0.1, 0.15) is 5.75 Å². The molecule has 4 amide bonds. The molecule has 2 bridgehead atoms. The van der Waals surface area contributed by atoms with Crippen molar-refractivity contribution in [2.24, 2.45) is 23.5 Å². The van der Waals surface area contributed by atoms with Crippen molar-refractivity contribution in [3.8, 4) is 5.75 Å². The van der Waals surface area contributed by atoms with Crippen LogP contribution < -0.4 is 10.5 Å². The lowest BCUT2D eigenvalue weighted by Crippen LogP contribution is -2.61. The number of carbonyl (C=O) groups excluding carboxylic acids is 3. The highest BCUT2D eigenvalue weighted by molar-refractivity contribution is 6.17. The van der Waals surface area contributed by atoms with E-state index >= 15 is 0 Å². The molecule has 1 aromatic carbocycles. The second kappa shape index (κ2) is 8.88. The maximum atomic E-state index is 13.1. The van der Waals surface area contributed by atoms with Crippen molar-refractivity contribution in [1.82, 2.24) is 9.80 Å². The molecule has 182 valence electrons. The fourth-order valence-corrected chi connectivity index (χ4v) is 5.55. The van der Waals surface area contributed by atoms with E-state index < -0.39 is 54.0 Å². The minimum atomic E-state index is -4.83. The van der Waals surface area contributed by atoms with Gasteiger partial charge in [-0.05, 0) is 30.5 Å². The summed E-state index contributed by atoms with van der Waals surface area (Å²) in [5.74, 6) is -3.85. The topological polar surface area (TPSA) is 113 Å². The largest absolute Gasteiger partial charge is 0.573 e. The average molecular weight is 479 g/mol. The van der Waals surface area contributed by atoms with Gasteiger partial charge in [-0.3, -0.25) is 14.5 Å². The number of rotatable bonds is 7. The molecule has 11 heteroatoms. The lowest BCUT2D eigenvalue weighted by Gasteiger charge is -2.54. The average Bonchev–Trinajstić information content (AvgIpc) is 3.03. The summed E-state index contributed by atoms with van der Waals surface area (Å²) in [5.41, 5.74) is 6.69. The van der Waals surface area contributed by atoms with Gasteiger partial charge >= 0.3 is 12.4 Å². The standard InChI is InChI=1S/C23H24F3N3O5/c1-2-15-17-13(6-4-8-30)10-16(18-19(17)21(32)29(20(18)31)22(27)33)28(15)11-12-5-3-7-14(9-12)34-23(24,25)26/h2-3,5,7,9-10,15-19,30H,1,4,6,8,11H2,(H2,27,33). The predicted molar refractivity (Wildman–Crippen MR) is 113 cm³/mol. The molecule has 0 saturated carbocycles. The Morgan fingerprint density at radius 3 is 2.53 bits per heavy atom. The van der Waals surface area contributed by atoms with Crippen molar-refractivity contribution in [3.05, 3.63) is 54.1 Å². The summed E-state index contributed by atoms with van der Waals surface area (Å²) in [5, 5.41) is 9.30. The SMILES string of the molecule is C=CC1C2C(CCCO)=CC(C3C(=O)N(C(N)=O)C(=O)C32)N1Cc1cccc(OC(F)(F)F)c1. The van der Waals surface area contributed by atoms with Gasteiger partial charge in [-0.1, -0.05) is 29.9 Å². The van der Waals surface area contributed by atoms with Crippen molar-refractivity contribution in [1.29, 1.82) is 0 Å². The minimum Gasteiger partial charge on any atom is -0.406 e. The summed E-state index contributed by atoms with van der Waals surface area (Å²) in [6.07, 6.45) is -0.381. The van der Waals surface area contributed by atoms with E-state index in [4.69, 9.17) is 5.73 Å². The van der Waals surface area contributed by atoms with Gasteiger partial charge in [0.2, 0.25) is 11.8 Å². The molecule has 34 heavy (non-hydrogen) atoms. The van der Waals surface area contributed by atoms with Gasteiger partial charge in [0.15, 0.2) is 0 Å². The van der Waals surface area contributed by atoms with E-state index in [0.29, 0.717) is 23.3 Å². The van der Waals surface area contributed by atoms with Gasteiger partial charge in [-0.2, -0.15) is 4.90 Å². The number of urea groups is 1. The highest BCUT2D eigenvalue weighted by Gasteiger charge is 2.63. The number of benzene rings is 1. The smallest absolute Gasteiger partial charge is 0.406 e. The Hall–Kier alpha value is -3.18. The lowest BCUT2D eigenvalue weighted by atomic mass is 9.62. The number of ether oxygens (including phenoxy) is 1. The van der Waals surface area contributed by atoms with Gasteiger partial charge in [0, 0.05) is 31.2 Å². The van der Waals surface area contributed by atoms with Crippen LogP contribution in [0.3, 0.4) is 0 Å². The van der Waals surface area contributed by atoms with Crippen molar-refractivity contribution >= 4 is 17.8 Å². The normalized spacial score (nSPS) is 28.6. The van der Waals surface area contributed by atoms with E-state index in [2.05, 4.69) is 11.3 Å². The Morgan fingerprint density at radius 1 is 1.21 bits per heavy atom. The van der Waals surface area contributed by atoms with Gasteiger partial charge in [-0.15, -0.1) is 19.8 Å². The number of hydrogen-bond acceptors (Lipinski definition) is 6. The number of primary amides is 1. The van der Waals surface area contributed by atoms with Gasteiger partial charge in [-0.25, -0.2) is 4.79 Å². The highest BCUT2D eigenvalue weighted by atomic mass is 19.4. The van der Waals surface area contributed by atoms with Gasteiger partial charge in [0.25, 0.3) is 0 Å². The van der Waals surface area contributed by atoms with Crippen LogP contribution in [0.2, 0.25) is 0 Å². The molecule has 8 nitrogen and oxygen atoms in total. The van der Waals surface area contributed by atoms with E-state index in [1.165, 1.54) is 18.2 Å². The number of nitrogens with zero attached hydrogens (tertiary/aromatic N) is 2. The van der Waals surface area contributed by atoms with Gasteiger partial charge < -0.3 is 15.6 Å². The quantitative estimate of drug-likeness (QED) is 0.459. The summed E-state index contributed by atoms with van der Waals surface area (Å²) >= 11 is 0. The fraction of sp³-hybridized carbons (Fsp3) is 0.435. The molecule has 0 spiro atoms. The third-order valence-corrected chi connectivity index (χ3v) is 6.68. The van der Waals surface area contributed by atoms with E-state index in [-0.39, 0.29) is 18.9 Å². The number of hydrogen-bond donors (Lipinski definition) is 2. The molecule has 1 aromatic rings. The number of amides is 4. The number of alkyl halides is 3. The monoisotopic (exact) mass is 479 g/mol. The fourth-order valence-electron chi connectivity index (χ4n) is 5.55.